The van der Waals surface area contributed by atoms with E-state index in [2.05, 4.69) is 9.71 Å². The molecule has 1 amide bonds. The molecule has 8 heteroatoms. The summed E-state index contributed by atoms with van der Waals surface area (Å²) in [6.45, 7) is 8.07. The van der Waals surface area contributed by atoms with Crippen LogP contribution in [-0.4, -0.2) is 54.9 Å². The molecule has 0 aliphatic carbocycles. The molecule has 2 heterocycles. The van der Waals surface area contributed by atoms with Crippen LogP contribution in [0.4, 0.5) is 0 Å². The maximum Gasteiger partial charge on any atom is 0.270 e. The predicted molar refractivity (Wildman–Crippen MR) is 101 cm³/mol. The van der Waals surface area contributed by atoms with Gasteiger partial charge in [-0.05, 0) is 45.1 Å². The molecule has 0 saturated carbocycles. The summed E-state index contributed by atoms with van der Waals surface area (Å²) < 4.78 is 26.5. The number of sulfonamides is 1. The zero-order chi connectivity index (χ0) is 19.5. The van der Waals surface area contributed by atoms with Gasteiger partial charge in [0, 0.05) is 30.4 Å². The van der Waals surface area contributed by atoms with Crippen LogP contribution in [0.5, 0.6) is 0 Å². The van der Waals surface area contributed by atoms with Gasteiger partial charge in [-0.1, -0.05) is 13.8 Å². The number of amides is 1. The number of nitrogens with zero attached hydrogens (tertiary/aromatic N) is 1. The Labute approximate surface area is 155 Å². The van der Waals surface area contributed by atoms with Crippen LogP contribution in [0.1, 0.15) is 72.1 Å². The van der Waals surface area contributed by atoms with Crippen LogP contribution in [-0.2, 0) is 16.4 Å². The van der Waals surface area contributed by atoms with Crippen molar-refractivity contribution < 1.29 is 18.0 Å². The highest BCUT2D eigenvalue weighted by Gasteiger charge is 2.29. The number of hydrogen-bond donors (Lipinski definition) is 2. The minimum atomic E-state index is -3.24. The van der Waals surface area contributed by atoms with Crippen molar-refractivity contribution >= 4 is 21.7 Å². The summed E-state index contributed by atoms with van der Waals surface area (Å²) in [6, 6.07) is -0.126. The van der Waals surface area contributed by atoms with Crippen molar-refractivity contribution in [2.75, 3.05) is 18.8 Å². The molecule has 1 aromatic heterocycles. The van der Waals surface area contributed by atoms with Crippen LogP contribution in [0.15, 0.2) is 0 Å². The molecule has 0 radical (unpaired) electrons. The van der Waals surface area contributed by atoms with Crippen molar-refractivity contribution in [1.82, 2.24) is 14.6 Å². The van der Waals surface area contributed by atoms with Crippen LogP contribution in [0.2, 0.25) is 0 Å². The summed E-state index contributed by atoms with van der Waals surface area (Å²) in [5, 5.41) is 0. The fourth-order valence-electron chi connectivity index (χ4n) is 3.63. The highest BCUT2D eigenvalue weighted by atomic mass is 32.2. The average molecular weight is 384 g/mol. The molecule has 1 aromatic rings. The van der Waals surface area contributed by atoms with Gasteiger partial charge < -0.3 is 9.88 Å². The lowest BCUT2D eigenvalue weighted by Crippen LogP contribution is -2.47. The van der Waals surface area contributed by atoms with Crippen LogP contribution in [0, 0.1) is 6.92 Å². The number of likely N-dealkylation sites (tertiary alicyclic amines) is 1. The second-order valence-corrected chi connectivity index (χ2v) is 8.76. The number of piperidine rings is 1. The molecule has 26 heavy (non-hydrogen) atoms. The number of Topliss-reactive ketones (excluding diaryl/α,β-unsaturated/α-hetero) is 1. The Balaban J connectivity index is 2.07. The van der Waals surface area contributed by atoms with E-state index in [0.29, 0.717) is 50.0 Å². The molecule has 0 spiro atoms. The molecular weight excluding hydrogens is 354 g/mol. The van der Waals surface area contributed by atoms with Gasteiger partial charge in [-0.2, -0.15) is 0 Å². The molecule has 2 rings (SSSR count). The predicted octanol–water partition coefficient (Wildman–Crippen LogP) is 2.02. The third kappa shape index (κ3) is 4.54. The first-order chi connectivity index (χ1) is 12.2. The summed E-state index contributed by atoms with van der Waals surface area (Å²) in [5.41, 5.74) is 2.59. The zero-order valence-electron chi connectivity index (χ0n) is 16.0. The molecule has 1 fully saturated rings. The van der Waals surface area contributed by atoms with E-state index >= 15 is 0 Å². The number of ketones is 1. The van der Waals surface area contributed by atoms with Crippen molar-refractivity contribution in [1.29, 1.82) is 0 Å². The van der Waals surface area contributed by atoms with E-state index < -0.39 is 10.0 Å². The quantitative estimate of drug-likeness (QED) is 0.704. The molecule has 1 aliphatic rings. The fourth-order valence-corrected chi connectivity index (χ4v) is 5.03. The molecule has 0 unspecified atom stereocenters. The molecule has 0 aromatic carbocycles. The number of aromatic nitrogens is 1. The summed E-state index contributed by atoms with van der Waals surface area (Å²) in [6.07, 6.45) is 2.37. The number of hydrogen-bond acceptors (Lipinski definition) is 4. The van der Waals surface area contributed by atoms with Gasteiger partial charge in [-0.25, -0.2) is 13.1 Å². The van der Waals surface area contributed by atoms with Crippen LogP contribution in [0.3, 0.4) is 0 Å². The Morgan fingerprint density at radius 2 is 1.85 bits per heavy atom. The number of aromatic amines is 1. The largest absolute Gasteiger partial charge is 0.354 e. The highest BCUT2D eigenvalue weighted by molar-refractivity contribution is 7.89. The lowest BCUT2D eigenvalue weighted by Gasteiger charge is -2.32. The van der Waals surface area contributed by atoms with Gasteiger partial charge in [0.1, 0.15) is 5.69 Å². The van der Waals surface area contributed by atoms with Gasteiger partial charge in [0.15, 0.2) is 5.78 Å². The normalized spacial score (nSPS) is 16.1. The lowest BCUT2D eigenvalue weighted by atomic mass is 10.0. The van der Waals surface area contributed by atoms with E-state index in [1.807, 2.05) is 13.8 Å². The molecular formula is C18H29N3O4S. The third-order valence-corrected chi connectivity index (χ3v) is 6.45. The minimum absolute atomic E-state index is 0.0429. The zero-order valence-corrected chi connectivity index (χ0v) is 16.8. The smallest absolute Gasteiger partial charge is 0.270 e. The SMILES string of the molecule is CCCS(=O)(=O)NC1CCN(C(=O)c2[nH]c(C)c(C(C)=O)c2CC)CC1. The number of nitrogens with one attached hydrogen (secondary N) is 2. The van der Waals surface area contributed by atoms with Gasteiger partial charge in [-0.3, -0.25) is 9.59 Å². The van der Waals surface area contributed by atoms with E-state index in [1.165, 1.54) is 6.92 Å². The molecule has 7 nitrogen and oxygen atoms in total. The Morgan fingerprint density at radius 1 is 1.23 bits per heavy atom. The maximum absolute atomic E-state index is 12.9. The minimum Gasteiger partial charge on any atom is -0.354 e. The summed E-state index contributed by atoms with van der Waals surface area (Å²) in [5.74, 6) is -0.0345. The second-order valence-electron chi connectivity index (χ2n) is 6.89. The van der Waals surface area contributed by atoms with Crippen molar-refractivity contribution in [3.05, 3.63) is 22.5 Å². The number of carbonyl (C=O) groups is 2. The Bertz CT molecular complexity index is 775. The second kappa shape index (κ2) is 8.35. The molecule has 2 N–H and O–H groups in total. The molecule has 146 valence electrons. The van der Waals surface area contributed by atoms with Gasteiger partial charge in [0.25, 0.3) is 5.91 Å². The van der Waals surface area contributed by atoms with E-state index in [9.17, 15) is 18.0 Å². The van der Waals surface area contributed by atoms with Crippen molar-refractivity contribution in [3.8, 4) is 0 Å². The van der Waals surface area contributed by atoms with E-state index in [-0.39, 0.29) is 23.5 Å². The van der Waals surface area contributed by atoms with Gasteiger partial charge in [0.2, 0.25) is 10.0 Å². The summed E-state index contributed by atoms with van der Waals surface area (Å²) >= 11 is 0. The van der Waals surface area contributed by atoms with E-state index in [4.69, 9.17) is 0 Å². The number of H-pyrrole nitrogens is 1. The first kappa shape index (κ1) is 20.6. The standard InChI is InChI=1S/C18H29N3O4S/c1-5-11-26(24,25)20-14-7-9-21(10-8-14)18(23)17-15(6-2)16(13(4)22)12(3)19-17/h14,19-20H,5-11H2,1-4H3. The first-order valence-corrected chi connectivity index (χ1v) is 10.9. The van der Waals surface area contributed by atoms with Crippen LogP contribution in [0.25, 0.3) is 0 Å². The Hall–Kier alpha value is -1.67. The van der Waals surface area contributed by atoms with Crippen LogP contribution >= 0.6 is 0 Å². The molecule has 1 saturated heterocycles. The summed E-state index contributed by atoms with van der Waals surface area (Å²) in [7, 11) is -3.24. The number of carbonyl (C=O) groups excluding carboxylic acids is 2. The topological polar surface area (TPSA) is 99.3 Å². The average Bonchev–Trinajstić information content (AvgIpc) is 2.91. The van der Waals surface area contributed by atoms with Crippen LogP contribution < -0.4 is 4.72 Å². The van der Waals surface area contributed by atoms with Gasteiger partial charge >= 0.3 is 0 Å². The maximum atomic E-state index is 12.9. The van der Waals surface area contributed by atoms with E-state index in [1.54, 1.807) is 11.8 Å². The van der Waals surface area contributed by atoms with Crippen molar-refractivity contribution in [2.24, 2.45) is 0 Å². The molecule has 0 bridgehead atoms. The number of rotatable bonds is 7. The van der Waals surface area contributed by atoms with Gasteiger partial charge in [0.05, 0.1) is 5.75 Å². The lowest BCUT2D eigenvalue weighted by molar-refractivity contribution is 0.0705. The number of aryl methyl sites for hydroxylation is 1. The van der Waals surface area contributed by atoms with Gasteiger partial charge in [-0.15, -0.1) is 0 Å². The van der Waals surface area contributed by atoms with Crippen molar-refractivity contribution in [2.45, 2.75) is 59.4 Å². The molecule has 1 aliphatic heterocycles. The fraction of sp³-hybridized carbons (Fsp3) is 0.667. The summed E-state index contributed by atoms with van der Waals surface area (Å²) in [4.78, 5) is 29.6. The Morgan fingerprint density at radius 3 is 2.35 bits per heavy atom. The monoisotopic (exact) mass is 383 g/mol. The first-order valence-electron chi connectivity index (χ1n) is 9.21. The van der Waals surface area contributed by atoms with E-state index in [0.717, 1.165) is 11.3 Å². The highest BCUT2D eigenvalue weighted by Crippen LogP contribution is 2.23. The van der Waals surface area contributed by atoms with Crippen molar-refractivity contribution in [3.63, 3.8) is 0 Å². The molecule has 0 atom stereocenters. The third-order valence-electron chi connectivity index (χ3n) is 4.81. The Kier molecular flexibility index (Phi) is 6.63.